The molecule has 3 fully saturated rings. The van der Waals surface area contributed by atoms with E-state index in [1.54, 1.807) is 0 Å². The molecule has 5 N–H and O–H groups in total. The highest BCUT2D eigenvalue weighted by atomic mass is 35.5. The summed E-state index contributed by atoms with van der Waals surface area (Å²) in [5.41, 5.74) is 0. The molecule has 1 heterocycles. The van der Waals surface area contributed by atoms with Gasteiger partial charge in [0.25, 0.3) is 0 Å². The van der Waals surface area contributed by atoms with Crippen LogP contribution in [0.25, 0.3) is 0 Å². The van der Waals surface area contributed by atoms with Crippen LogP contribution in [0.15, 0.2) is 0 Å². The lowest BCUT2D eigenvalue weighted by atomic mass is 9.75. The van der Waals surface area contributed by atoms with Crippen LogP contribution < -0.4 is 10.6 Å². The Bertz CT molecular complexity index is 467. The molecule has 26 heavy (non-hydrogen) atoms. The Labute approximate surface area is 161 Å². The zero-order chi connectivity index (χ0) is 18.5. The Morgan fingerprint density at radius 2 is 2.00 bits per heavy atom. The number of ether oxygens (including phenoxy) is 1. The minimum Gasteiger partial charge on any atom is -0.463 e. The molecule has 3 aliphatic rings. The van der Waals surface area contributed by atoms with Crippen LogP contribution in [0.5, 0.6) is 0 Å². The van der Waals surface area contributed by atoms with Gasteiger partial charge in [-0.15, -0.1) is 11.6 Å². The second-order valence-corrected chi connectivity index (χ2v) is 8.91. The molecule has 1 aliphatic heterocycles. The number of aliphatic hydroxyl groups excluding tert-OH is 2. The monoisotopic (exact) mass is 389 g/mol. The van der Waals surface area contributed by atoms with Crippen molar-refractivity contribution in [3.05, 3.63) is 0 Å². The first-order valence-corrected chi connectivity index (χ1v) is 10.7. The topological polar surface area (TPSA) is 95.4 Å². The summed E-state index contributed by atoms with van der Waals surface area (Å²) in [4.78, 5) is 12.5. The predicted molar refractivity (Wildman–Crippen MR) is 98.9 cm³/mol. The van der Waals surface area contributed by atoms with Gasteiger partial charge in [0.15, 0.2) is 0 Å². The number of nitrogens with one attached hydrogen (secondary N) is 1. The number of fused-ring (bicyclic) bond motifs is 1. The molecule has 0 aromatic heterocycles. The quantitative estimate of drug-likeness (QED) is 0.383. The Kier molecular flexibility index (Phi) is 7.58. The first-order chi connectivity index (χ1) is 12.6. The molecule has 0 amide bonds. The molecule has 2 aliphatic carbocycles. The second-order valence-electron chi connectivity index (χ2n) is 8.29. The highest BCUT2D eigenvalue weighted by Crippen LogP contribution is 2.33. The van der Waals surface area contributed by atoms with Gasteiger partial charge in [-0.1, -0.05) is 12.8 Å². The second kappa shape index (κ2) is 9.69. The molecule has 3 rings (SSSR count). The van der Waals surface area contributed by atoms with Gasteiger partial charge in [-0.3, -0.25) is 4.79 Å². The summed E-state index contributed by atoms with van der Waals surface area (Å²) in [7, 11) is 0. The van der Waals surface area contributed by atoms with E-state index in [4.69, 9.17) is 21.4 Å². The summed E-state index contributed by atoms with van der Waals surface area (Å²) in [6, 6.07) is 1.21. The van der Waals surface area contributed by atoms with Gasteiger partial charge in [-0.25, -0.2) is 0 Å². The van der Waals surface area contributed by atoms with Crippen molar-refractivity contribution in [3.8, 4) is 0 Å². The fourth-order valence-corrected chi connectivity index (χ4v) is 5.41. The van der Waals surface area contributed by atoms with Crippen LogP contribution in [0, 0.1) is 11.8 Å². The summed E-state index contributed by atoms with van der Waals surface area (Å²) in [5, 5.41) is 24.9. The number of esters is 1. The van der Waals surface area contributed by atoms with Gasteiger partial charge in [0, 0.05) is 36.2 Å². The van der Waals surface area contributed by atoms with E-state index in [0.29, 0.717) is 23.4 Å². The first-order valence-electron chi connectivity index (χ1n) is 10.3. The van der Waals surface area contributed by atoms with Crippen LogP contribution in [0.1, 0.15) is 51.4 Å². The van der Waals surface area contributed by atoms with Crippen LogP contribution in [0.4, 0.5) is 0 Å². The third kappa shape index (κ3) is 5.10. The Morgan fingerprint density at radius 1 is 1.19 bits per heavy atom. The molecular weight excluding hydrogens is 356 g/mol. The number of carbonyl (C=O) groups excluding carboxylic acids is 1. The molecule has 0 spiro atoms. The smallest absolute Gasteiger partial charge is 0.310 e. The minimum absolute atomic E-state index is 0.126. The maximum atomic E-state index is 12.5. The fraction of sp³-hybridized carbons (Fsp3) is 0.947. The van der Waals surface area contributed by atoms with Crippen LogP contribution in [0.2, 0.25) is 0 Å². The van der Waals surface area contributed by atoms with Crippen molar-refractivity contribution in [1.29, 1.82) is 0 Å². The summed E-state index contributed by atoms with van der Waals surface area (Å²) in [6.07, 6.45) is 7.49. The molecule has 0 aromatic rings. The van der Waals surface area contributed by atoms with Crippen LogP contribution in [-0.2, 0) is 9.53 Å². The third-order valence-corrected chi connectivity index (χ3v) is 6.88. The van der Waals surface area contributed by atoms with Gasteiger partial charge >= 0.3 is 5.97 Å². The van der Waals surface area contributed by atoms with E-state index in [0.717, 1.165) is 57.9 Å². The highest BCUT2D eigenvalue weighted by Gasteiger charge is 2.42. The normalized spacial score (nSPS) is 39.0. The largest absolute Gasteiger partial charge is 0.463 e. The molecule has 0 bridgehead atoms. The lowest BCUT2D eigenvalue weighted by molar-refractivity contribution is -0.708. The van der Waals surface area contributed by atoms with Crippen molar-refractivity contribution < 1.29 is 25.1 Å². The maximum Gasteiger partial charge on any atom is 0.310 e. The summed E-state index contributed by atoms with van der Waals surface area (Å²) in [5.74, 6) is 0.245. The Hall–Kier alpha value is -0.400. The van der Waals surface area contributed by atoms with E-state index in [1.807, 2.05) is 0 Å². The van der Waals surface area contributed by atoms with Crippen molar-refractivity contribution in [2.75, 3.05) is 19.8 Å². The number of halogens is 1. The molecular formula is C19H34ClN2O4+. The SMILES string of the molecule is O=C(OC[C@H](O)CO)C1CCCCC1NC1CC[NH2+]C2CC(Cl)CCC12. The number of rotatable bonds is 6. The number of hydrogen-bond donors (Lipinski definition) is 4. The number of aliphatic hydroxyl groups is 2. The zero-order valence-corrected chi connectivity index (χ0v) is 16.2. The van der Waals surface area contributed by atoms with Gasteiger partial charge < -0.3 is 25.6 Å². The molecule has 2 saturated carbocycles. The van der Waals surface area contributed by atoms with Gasteiger partial charge in [-0.2, -0.15) is 0 Å². The van der Waals surface area contributed by atoms with Crippen LogP contribution in [0.3, 0.4) is 0 Å². The standard InChI is InChI=1S/C19H33ClN2O4/c20-12-5-6-14-17(7-8-21-18(14)9-12)22-16-4-2-1-3-15(16)19(25)26-11-13(24)10-23/h12-18,21-24H,1-11H2/p+1/t12?,13-,14?,15?,16?,17?,18?/m1/s1. The molecule has 0 radical (unpaired) electrons. The zero-order valence-electron chi connectivity index (χ0n) is 15.5. The van der Waals surface area contributed by atoms with E-state index in [9.17, 15) is 9.90 Å². The van der Waals surface area contributed by atoms with E-state index in [1.165, 1.54) is 0 Å². The van der Waals surface area contributed by atoms with Crippen molar-refractivity contribution in [1.82, 2.24) is 5.32 Å². The molecule has 6 nitrogen and oxygen atoms in total. The van der Waals surface area contributed by atoms with Gasteiger partial charge in [0.1, 0.15) is 12.7 Å². The molecule has 7 atom stereocenters. The average Bonchev–Trinajstić information content (AvgIpc) is 2.66. The predicted octanol–water partition coefficient (Wildman–Crippen LogP) is 0.143. The van der Waals surface area contributed by atoms with E-state index in [-0.39, 0.29) is 31.1 Å². The maximum absolute atomic E-state index is 12.5. The van der Waals surface area contributed by atoms with Crippen molar-refractivity contribution in [3.63, 3.8) is 0 Å². The van der Waals surface area contributed by atoms with Gasteiger partial charge in [-0.05, 0) is 25.7 Å². The molecule has 1 saturated heterocycles. The number of nitrogens with two attached hydrogens (primary N) is 1. The first kappa shape index (κ1) is 20.3. The summed E-state index contributed by atoms with van der Waals surface area (Å²) >= 11 is 6.37. The number of carbonyl (C=O) groups is 1. The lowest BCUT2D eigenvalue weighted by Crippen LogP contribution is -2.95. The Balaban J connectivity index is 1.58. The summed E-state index contributed by atoms with van der Waals surface area (Å²) in [6.45, 7) is 0.606. The van der Waals surface area contributed by atoms with Crippen molar-refractivity contribution in [2.45, 2.75) is 81.0 Å². The van der Waals surface area contributed by atoms with E-state index < -0.39 is 6.10 Å². The Morgan fingerprint density at radius 3 is 2.81 bits per heavy atom. The molecule has 7 heteroatoms. The van der Waals surface area contributed by atoms with Crippen molar-refractivity contribution in [2.24, 2.45) is 11.8 Å². The van der Waals surface area contributed by atoms with Crippen LogP contribution >= 0.6 is 11.6 Å². The van der Waals surface area contributed by atoms with E-state index >= 15 is 0 Å². The number of alkyl halides is 1. The van der Waals surface area contributed by atoms with E-state index in [2.05, 4.69) is 10.6 Å². The highest BCUT2D eigenvalue weighted by molar-refractivity contribution is 6.20. The molecule has 6 unspecified atom stereocenters. The number of piperidine rings is 1. The number of quaternary nitrogens is 1. The lowest BCUT2D eigenvalue weighted by Gasteiger charge is -2.43. The summed E-state index contributed by atoms with van der Waals surface area (Å²) < 4.78 is 5.26. The van der Waals surface area contributed by atoms with Gasteiger partial charge in [0.2, 0.25) is 0 Å². The third-order valence-electron chi connectivity index (χ3n) is 6.48. The average molecular weight is 390 g/mol. The molecule has 150 valence electrons. The number of hydrogen-bond acceptors (Lipinski definition) is 5. The van der Waals surface area contributed by atoms with Crippen LogP contribution in [-0.4, -0.2) is 65.5 Å². The minimum atomic E-state index is -0.991. The van der Waals surface area contributed by atoms with Crippen molar-refractivity contribution >= 4 is 17.6 Å². The molecule has 0 aromatic carbocycles. The van der Waals surface area contributed by atoms with Gasteiger partial charge in [0.05, 0.1) is 25.1 Å². The fourth-order valence-electron chi connectivity index (χ4n) is 5.08.